The van der Waals surface area contributed by atoms with Gasteiger partial charge in [0.1, 0.15) is 34.7 Å². The zero-order valence-electron chi connectivity index (χ0n) is 12.6. The lowest BCUT2D eigenvalue weighted by atomic mass is 10.2. The number of hydrogen-bond donors (Lipinski definition) is 1. The van der Waals surface area contributed by atoms with Gasteiger partial charge in [-0.15, -0.1) is 13.2 Å². The van der Waals surface area contributed by atoms with Gasteiger partial charge in [0, 0.05) is 6.54 Å². The maximum absolute atomic E-state index is 13.5. The van der Waals surface area contributed by atoms with Crippen LogP contribution in [0, 0.1) is 11.6 Å². The average molecular weight is 377 g/mol. The van der Waals surface area contributed by atoms with Gasteiger partial charge in [0.25, 0.3) is 0 Å². The Morgan fingerprint density at radius 1 is 0.960 bits per heavy atom. The van der Waals surface area contributed by atoms with E-state index in [-0.39, 0.29) is 29.5 Å². The Labute approximate surface area is 145 Å². The number of thiocarbonyl (C=S) groups is 1. The Morgan fingerprint density at radius 3 is 2.08 bits per heavy atom. The van der Waals surface area contributed by atoms with Crippen LogP contribution in [0.3, 0.4) is 0 Å². The van der Waals surface area contributed by atoms with Crippen molar-refractivity contribution in [3.05, 3.63) is 59.7 Å². The van der Waals surface area contributed by atoms with Crippen LogP contribution in [0.1, 0.15) is 5.56 Å². The van der Waals surface area contributed by atoms with E-state index in [4.69, 9.17) is 17.0 Å². The largest absolute Gasteiger partial charge is 0.573 e. The van der Waals surface area contributed by atoms with Crippen LogP contribution in [-0.4, -0.2) is 24.5 Å². The van der Waals surface area contributed by atoms with Gasteiger partial charge >= 0.3 is 6.36 Å². The van der Waals surface area contributed by atoms with Gasteiger partial charge in [-0.1, -0.05) is 18.3 Å². The lowest BCUT2D eigenvalue weighted by Gasteiger charge is -2.12. The fourth-order valence-electron chi connectivity index (χ4n) is 1.87. The van der Waals surface area contributed by atoms with E-state index in [1.54, 1.807) is 0 Å². The first-order valence-electron chi connectivity index (χ1n) is 6.97. The first-order chi connectivity index (χ1) is 11.8. The summed E-state index contributed by atoms with van der Waals surface area (Å²) in [6.45, 7) is 0.225. The number of benzene rings is 2. The molecule has 134 valence electrons. The van der Waals surface area contributed by atoms with E-state index in [0.29, 0.717) is 5.75 Å². The third-order valence-electron chi connectivity index (χ3n) is 2.90. The molecule has 0 fully saturated rings. The van der Waals surface area contributed by atoms with Crippen molar-refractivity contribution >= 4 is 17.2 Å². The quantitative estimate of drug-likeness (QED) is 0.464. The summed E-state index contributed by atoms with van der Waals surface area (Å²) in [4.78, 5) is -0.104. The highest BCUT2D eigenvalue weighted by atomic mass is 32.1. The van der Waals surface area contributed by atoms with E-state index < -0.39 is 18.0 Å². The predicted octanol–water partition coefficient (Wildman–Crippen LogP) is 4.21. The second kappa shape index (κ2) is 8.11. The van der Waals surface area contributed by atoms with Gasteiger partial charge in [-0.3, -0.25) is 0 Å². The SMILES string of the molecule is Fc1cccc(F)c1C(=S)NCCOc1ccc(OC(F)(F)F)cc1. The van der Waals surface area contributed by atoms with Gasteiger partial charge < -0.3 is 14.8 Å². The summed E-state index contributed by atoms with van der Waals surface area (Å²) in [5.41, 5.74) is -0.328. The van der Waals surface area contributed by atoms with Gasteiger partial charge in [-0.25, -0.2) is 8.78 Å². The molecule has 0 spiro atoms. The van der Waals surface area contributed by atoms with Gasteiger partial charge in [0.15, 0.2) is 0 Å². The van der Waals surface area contributed by atoms with Crippen LogP contribution in [0.2, 0.25) is 0 Å². The second-order valence-corrected chi connectivity index (χ2v) is 5.13. The topological polar surface area (TPSA) is 30.5 Å². The number of nitrogens with one attached hydrogen (secondary N) is 1. The minimum atomic E-state index is -4.76. The van der Waals surface area contributed by atoms with Gasteiger partial charge in [0.2, 0.25) is 0 Å². The van der Waals surface area contributed by atoms with Crippen molar-refractivity contribution in [2.45, 2.75) is 6.36 Å². The molecule has 0 aromatic heterocycles. The van der Waals surface area contributed by atoms with E-state index in [2.05, 4.69) is 10.1 Å². The standard InChI is InChI=1S/C16H12F5NO2S/c17-12-2-1-3-13(18)14(12)15(25)22-8-9-23-10-4-6-11(7-5-10)24-16(19,20)21/h1-7H,8-9H2,(H,22,25). The molecule has 2 rings (SSSR count). The van der Waals surface area contributed by atoms with Crippen molar-refractivity contribution in [2.75, 3.05) is 13.2 Å². The van der Waals surface area contributed by atoms with Crippen molar-refractivity contribution in [2.24, 2.45) is 0 Å². The molecule has 0 aliphatic heterocycles. The minimum absolute atomic E-state index is 0.0791. The molecule has 0 aliphatic rings. The maximum atomic E-state index is 13.5. The highest BCUT2D eigenvalue weighted by Crippen LogP contribution is 2.24. The number of hydrogen-bond acceptors (Lipinski definition) is 3. The molecular weight excluding hydrogens is 365 g/mol. The summed E-state index contributed by atoms with van der Waals surface area (Å²) in [6.07, 6.45) is -4.76. The second-order valence-electron chi connectivity index (χ2n) is 4.72. The molecule has 0 bridgehead atoms. The molecule has 9 heteroatoms. The van der Waals surface area contributed by atoms with E-state index in [1.807, 2.05) is 0 Å². The van der Waals surface area contributed by atoms with E-state index in [1.165, 1.54) is 18.2 Å². The zero-order chi connectivity index (χ0) is 18.4. The van der Waals surface area contributed by atoms with Crippen molar-refractivity contribution in [1.82, 2.24) is 5.32 Å². The molecule has 0 radical (unpaired) electrons. The van der Waals surface area contributed by atoms with E-state index in [0.717, 1.165) is 24.3 Å². The van der Waals surface area contributed by atoms with Crippen LogP contribution in [0.15, 0.2) is 42.5 Å². The Kier molecular flexibility index (Phi) is 6.13. The molecule has 1 N–H and O–H groups in total. The molecular formula is C16H12F5NO2S. The lowest BCUT2D eigenvalue weighted by molar-refractivity contribution is -0.274. The van der Waals surface area contributed by atoms with Crippen LogP contribution < -0.4 is 14.8 Å². The number of rotatable bonds is 6. The normalized spacial score (nSPS) is 11.1. The smallest absolute Gasteiger partial charge is 0.492 e. The lowest BCUT2D eigenvalue weighted by Crippen LogP contribution is -2.28. The van der Waals surface area contributed by atoms with Gasteiger partial charge in [-0.05, 0) is 36.4 Å². The first-order valence-corrected chi connectivity index (χ1v) is 7.38. The first kappa shape index (κ1) is 18.9. The summed E-state index contributed by atoms with van der Waals surface area (Å²) < 4.78 is 72.2. The summed E-state index contributed by atoms with van der Waals surface area (Å²) >= 11 is 4.92. The number of ether oxygens (including phenoxy) is 2. The molecule has 2 aromatic carbocycles. The maximum Gasteiger partial charge on any atom is 0.573 e. The molecule has 0 saturated heterocycles. The monoisotopic (exact) mass is 377 g/mol. The van der Waals surface area contributed by atoms with Crippen LogP contribution in [0.5, 0.6) is 11.5 Å². The number of halogens is 5. The van der Waals surface area contributed by atoms with E-state index >= 15 is 0 Å². The van der Waals surface area contributed by atoms with Gasteiger partial charge in [0.05, 0.1) is 5.56 Å². The fourth-order valence-corrected chi connectivity index (χ4v) is 2.17. The highest BCUT2D eigenvalue weighted by Gasteiger charge is 2.30. The summed E-state index contributed by atoms with van der Waals surface area (Å²) in [5.74, 6) is -1.62. The van der Waals surface area contributed by atoms with Crippen molar-refractivity contribution in [3.8, 4) is 11.5 Å². The zero-order valence-corrected chi connectivity index (χ0v) is 13.4. The summed E-state index contributed by atoms with van der Waals surface area (Å²) in [7, 11) is 0. The predicted molar refractivity (Wildman–Crippen MR) is 84.7 cm³/mol. The van der Waals surface area contributed by atoms with Crippen LogP contribution in [0.25, 0.3) is 0 Å². The van der Waals surface area contributed by atoms with Crippen LogP contribution >= 0.6 is 12.2 Å². The molecule has 0 amide bonds. The Hall–Kier alpha value is -2.42. The minimum Gasteiger partial charge on any atom is -0.492 e. The Balaban J connectivity index is 1.80. The molecule has 25 heavy (non-hydrogen) atoms. The third kappa shape index (κ3) is 5.86. The summed E-state index contributed by atoms with van der Waals surface area (Å²) in [6, 6.07) is 8.23. The Bertz CT molecular complexity index is 714. The van der Waals surface area contributed by atoms with Crippen molar-refractivity contribution in [3.63, 3.8) is 0 Å². The average Bonchev–Trinajstić information content (AvgIpc) is 2.51. The van der Waals surface area contributed by atoms with Crippen molar-refractivity contribution in [1.29, 1.82) is 0 Å². The highest BCUT2D eigenvalue weighted by molar-refractivity contribution is 7.80. The molecule has 0 aliphatic carbocycles. The van der Waals surface area contributed by atoms with Crippen LogP contribution in [-0.2, 0) is 0 Å². The fraction of sp³-hybridized carbons (Fsp3) is 0.188. The van der Waals surface area contributed by atoms with E-state index in [9.17, 15) is 22.0 Å². The molecule has 2 aromatic rings. The van der Waals surface area contributed by atoms with Crippen molar-refractivity contribution < 1.29 is 31.4 Å². The Morgan fingerprint density at radius 2 is 1.52 bits per heavy atom. The molecule has 0 unspecified atom stereocenters. The molecule has 0 saturated carbocycles. The van der Waals surface area contributed by atoms with Gasteiger partial charge in [-0.2, -0.15) is 0 Å². The molecule has 3 nitrogen and oxygen atoms in total. The third-order valence-corrected chi connectivity index (χ3v) is 3.25. The molecule has 0 atom stereocenters. The summed E-state index contributed by atoms with van der Waals surface area (Å²) in [5, 5.41) is 2.65. The van der Waals surface area contributed by atoms with Crippen LogP contribution in [0.4, 0.5) is 22.0 Å². The number of alkyl halides is 3. The molecule has 0 heterocycles.